The lowest BCUT2D eigenvalue weighted by Gasteiger charge is -2.00. The molecule has 74 valence electrons. The van der Waals surface area contributed by atoms with Gasteiger partial charge in [-0.3, -0.25) is 4.68 Å². The number of rotatable bonds is 1. The highest BCUT2D eigenvalue weighted by molar-refractivity contribution is 5.39. The number of nitrogen functional groups attached to an aromatic ring is 1. The molecule has 5 nitrogen and oxygen atoms in total. The second kappa shape index (κ2) is 2.87. The SMILES string of the molecule is Cc1nn(C)cc1-n1nc(N)cc1C. The first-order valence-corrected chi connectivity index (χ1v) is 4.40. The molecule has 2 rings (SSSR count). The van der Waals surface area contributed by atoms with Crippen molar-refractivity contribution in [3.05, 3.63) is 23.7 Å². The van der Waals surface area contributed by atoms with Crippen LogP contribution in [0.25, 0.3) is 5.69 Å². The van der Waals surface area contributed by atoms with Crippen LogP contribution in [0.15, 0.2) is 12.3 Å². The van der Waals surface area contributed by atoms with Crippen molar-refractivity contribution in [3.63, 3.8) is 0 Å². The first kappa shape index (κ1) is 8.80. The van der Waals surface area contributed by atoms with Gasteiger partial charge in [0.2, 0.25) is 0 Å². The Labute approximate surface area is 82.1 Å². The fourth-order valence-corrected chi connectivity index (χ4v) is 1.54. The number of hydrogen-bond donors (Lipinski definition) is 1. The van der Waals surface area contributed by atoms with Gasteiger partial charge < -0.3 is 5.73 Å². The van der Waals surface area contributed by atoms with Gasteiger partial charge in [-0.05, 0) is 13.8 Å². The van der Waals surface area contributed by atoms with Gasteiger partial charge in [0.05, 0.1) is 11.9 Å². The molecular weight excluding hydrogens is 178 g/mol. The third kappa shape index (κ3) is 1.26. The van der Waals surface area contributed by atoms with E-state index in [4.69, 9.17) is 5.73 Å². The van der Waals surface area contributed by atoms with E-state index in [1.54, 1.807) is 9.36 Å². The predicted octanol–water partition coefficient (Wildman–Crippen LogP) is 0.805. The summed E-state index contributed by atoms with van der Waals surface area (Å²) in [7, 11) is 1.89. The minimum absolute atomic E-state index is 0.533. The molecule has 0 fully saturated rings. The number of aryl methyl sites for hydroxylation is 3. The average molecular weight is 191 g/mol. The van der Waals surface area contributed by atoms with Gasteiger partial charge in [-0.15, -0.1) is 0 Å². The highest BCUT2D eigenvalue weighted by Gasteiger charge is 2.09. The Bertz CT molecular complexity index is 421. The molecule has 2 N–H and O–H groups in total. The summed E-state index contributed by atoms with van der Waals surface area (Å²) in [6.07, 6.45) is 1.93. The molecule has 0 bridgehead atoms. The number of nitrogens with two attached hydrogens (primary N) is 1. The van der Waals surface area contributed by atoms with E-state index in [1.165, 1.54) is 0 Å². The van der Waals surface area contributed by atoms with Crippen LogP contribution in [0, 0.1) is 13.8 Å². The molecule has 2 aromatic heterocycles. The zero-order valence-corrected chi connectivity index (χ0v) is 8.52. The van der Waals surface area contributed by atoms with Crippen molar-refractivity contribution in [1.82, 2.24) is 19.6 Å². The van der Waals surface area contributed by atoms with Crippen molar-refractivity contribution in [3.8, 4) is 5.69 Å². The van der Waals surface area contributed by atoms with Gasteiger partial charge in [-0.25, -0.2) is 4.68 Å². The molecule has 0 aliphatic carbocycles. The van der Waals surface area contributed by atoms with E-state index in [2.05, 4.69) is 10.2 Å². The van der Waals surface area contributed by atoms with Crippen LogP contribution in [0.1, 0.15) is 11.4 Å². The maximum absolute atomic E-state index is 5.61. The number of aromatic nitrogens is 4. The molecule has 0 spiro atoms. The van der Waals surface area contributed by atoms with Crippen LogP contribution in [0.3, 0.4) is 0 Å². The minimum atomic E-state index is 0.533. The molecule has 0 unspecified atom stereocenters. The zero-order chi connectivity index (χ0) is 10.3. The van der Waals surface area contributed by atoms with Gasteiger partial charge in [0.15, 0.2) is 0 Å². The van der Waals surface area contributed by atoms with Crippen LogP contribution >= 0.6 is 0 Å². The van der Waals surface area contributed by atoms with E-state index in [-0.39, 0.29) is 0 Å². The van der Waals surface area contributed by atoms with Crippen molar-refractivity contribution in [2.75, 3.05) is 5.73 Å². The summed E-state index contributed by atoms with van der Waals surface area (Å²) >= 11 is 0. The summed E-state index contributed by atoms with van der Waals surface area (Å²) in [5, 5.41) is 8.45. The van der Waals surface area contributed by atoms with Gasteiger partial charge in [-0.2, -0.15) is 10.2 Å². The summed E-state index contributed by atoms with van der Waals surface area (Å²) in [5.74, 6) is 0.533. The zero-order valence-electron chi connectivity index (χ0n) is 8.52. The third-order valence-corrected chi connectivity index (χ3v) is 2.12. The quantitative estimate of drug-likeness (QED) is 0.725. The Morgan fingerprint density at radius 2 is 2.00 bits per heavy atom. The fourth-order valence-electron chi connectivity index (χ4n) is 1.54. The van der Waals surface area contributed by atoms with E-state index in [9.17, 15) is 0 Å². The van der Waals surface area contributed by atoms with Crippen LogP contribution in [0.2, 0.25) is 0 Å². The molecule has 2 heterocycles. The maximum atomic E-state index is 5.61. The van der Waals surface area contributed by atoms with E-state index < -0.39 is 0 Å². The average Bonchev–Trinajstić information content (AvgIpc) is 2.55. The molecule has 0 saturated heterocycles. The summed E-state index contributed by atoms with van der Waals surface area (Å²) in [5.41, 5.74) is 8.54. The van der Waals surface area contributed by atoms with Gasteiger partial charge >= 0.3 is 0 Å². The lowest BCUT2D eigenvalue weighted by molar-refractivity contribution is 0.756. The smallest absolute Gasteiger partial charge is 0.146 e. The first-order valence-electron chi connectivity index (χ1n) is 4.40. The van der Waals surface area contributed by atoms with Crippen molar-refractivity contribution in [2.45, 2.75) is 13.8 Å². The van der Waals surface area contributed by atoms with Crippen LogP contribution < -0.4 is 5.73 Å². The minimum Gasteiger partial charge on any atom is -0.382 e. The van der Waals surface area contributed by atoms with E-state index in [0.29, 0.717) is 5.82 Å². The van der Waals surface area contributed by atoms with Crippen LogP contribution in [-0.2, 0) is 7.05 Å². The van der Waals surface area contributed by atoms with E-state index >= 15 is 0 Å². The molecule has 0 amide bonds. The van der Waals surface area contributed by atoms with Crippen molar-refractivity contribution < 1.29 is 0 Å². The molecule has 0 aliphatic rings. The fraction of sp³-hybridized carbons (Fsp3) is 0.333. The van der Waals surface area contributed by atoms with E-state index in [1.807, 2.05) is 33.2 Å². The normalized spacial score (nSPS) is 10.8. The van der Waals surface area contributed by atoms with Crippen LogP contribution in [0.5, 0.6) is 0 Å². The van der Waals surface area contributed by atoms with Crippen molar-refractivity contribution in [2.24, 2.45) is 7.05 Å². The molecule has 2 aromatic rings. The number of anilines is 1. The van der Waals surface area contributed by atoms with Crippen molar-refractivity contribution in [1.29, 1.82) is 0 Å². The highest BCUT2D eigenvalue weighted by atomic mass is 15.3. The van der Waals surface area contributed by atoms with Gasteiger partial charge in [-0.1, -0.05) is 0 Å². The first-order chi connectivity index (χ1) is 6.58. The summed E-state index contributed by atoms with van der Waals surface area (Å²) in [6.45, 7) is 3.92. The molecule has 5 heteroatoms. The molecule has 14 heavy (non-hydrogen) atoms. The summed E-state index contributed by atoms with van der Waals surface area (Å²) < 4.78 is 3.57. The summed E-state index contributed by atoms with van der Waals surface area (Å²) in [6, 6.07) is 1.84. The Morgan fingerprint density at radius 3 is 2.43 bits per heavy atom. The van der Waals surface area contributed by atoms with Gasteiger partial charge in [0, 0.05) is 18.8 Å². The van der Waals surface area contributed by atoms with Crippen LogP contribution in [0.4, 0.5) is 5.82 Å². The number of nitrogens with zero attached hydrogens (tertiary/aromatic N) is 4. The Balaban J connectivity index is 2.59. The van der Waals surface area contributed by atoms with Gasteiger partial charge in [0.25, 0.3) is 0 Å². The third-order valence-electron chi connectivity index (χ3n) is 2.12. The monoisotopic (exact) mass is 191 g/mol. The Hall–Kier alpha value is -1.78. The Kier molecular flexibility index (Phi) is 1.80. The standard InChI is InChI=1S/C9H13N5/c1-6-4-9(10)12-14(6)8-5-13(3)11-7(8)2/h4-5H,1-3H3,(H2,10,12). The lowest BCUT2D eigenvalue weighted by Crippen LogP contribution is -1.99. The molecule has 0 atom stereocenters. The highest BCUT2D eigenvalue weighted by Crippen LogP contribution is 2.15. The second-order valence-electron chi connectivity index (χ2n) is 3.40. The van der Waals surface area contributed by atoms with Crippen LogP contribution in [-0.4, -0.2) is 19.6 Å². The van der Waals surface area contributed by atoms with Gasteiger partial charge in [0.1, 0.15) is 11.5 Å². The second-order valence-corrected chi connectivity index (χ2v) is 3.40. The maximum Gasteiger partial charge on any atom is 0.146 e. The topological polar surface area (TPSA) is 61.7 Å². The number of hydrogen-bond acceptors (Lipinski definition) is 3. The predicted molar refractivity (Wildman–Crippen MR) is 54.2 cm³/mol. The lowest BCUT2D eigenvalue weighted by atomic mass is 10.4. The largest absolute Gasteiger partial charge is 0.382 e. The molecule has 0 aromatic carbocycles. The molecular formula is C9H13N5. The van der Waals surface area contributed by atoms with Crippen molar-refractivity contribution >= 4 is 5.82 Å². The molecule has 0 aliphatic heterocycles. The Morgan fingerprint density at radius 1 is 1.29 bits per heavy atom. The molecule has 0 radical (unpaired) electrons. The summed E-state index contributed by atoms with van der Waals surface area (Å²) in [4.78, 5) is 0. The van der Waals surface area contributed by atoms with E-state index in [0.717, 1.165) is 17.1 Å². The molecule has 0 saturated carbocycles.